The zero-order valence-electron chi connectivity index (χ0n) is 17.0. The van der Waals surface area contributed by atoms with Crippen LogP contribution in [0, 0.1) is 0 Å². The third kappa shape index (κ3) is 3.54. The highest BCUT2D eigenvalue weighted by Gasteiger charge is 2.37. The number of H-pyrrole nitrogens is 1. The molecule has 1 unspecified atom stereocenters. The molecule has 0 saturated heterocycles. The number of aliphatic hydroxyl groups excluding tert-OH is 2. The van der Waals surface area contributed by atoms with Crippen molar-refractivity contribution in [2.45, 2.75) is 25.0 Å². The fourth-order valence-corrected chi connectivity index (χ4v) is 4.38. The molecule has 2 aromatic heterocycles. The van der Waals surface area contributed by atoms with Crippen LogP contribution in [0.2, 0.25) is 5.02 Å². The number of hydrogen-bond donors (Lipinski definition) is 3. The van der Waals surface area contributed by atoms with Crippen LogP contribution in [-0.4, -0.2) is 59.4 Å². The average molecular weight is 453 g/mol. The van der Waals surface area contributed by atoms with Gasteiger partial charge in [0.2, 0.25) is 0 Å². The highest BCUT2D eigenvalue weighted by atomic mass is 35.5. The predicted molar refractivity (Wildman–Crippen MR) is 117 cm³/mol. The van der Waals surface area contributed by atoms with Gasteiger partial charge in [0.25, 0.3) is 5.91 Å². The van der Waals surface area contributed by atoms with Crippen LogP contribution in [0.4, 0.5) is 0 Å². The molecule has 0 saturated carbocycles. The lowest BCUT2D eigenvalue weighted by Crippen LogP contribution is -2.29. The topological polar surface area (TPSA) is 120 Å². The fraction of sp³-hybridized carbons (Fsp3) is 0.273. The maximum absolute atomic E-state index is 13.3. The largest absolute Gasteiger partial charge is 0.394 e. The van der Waals surface area contributed by atoms with Crippen molar-refractivity contribution < 1.29 is 15.0 Å². The zero-order chi connectivity index (χ0) is 22.2. The molecule has 3 heterocycles. The minimum Gasteiger partial charge on any atom is -0.394 e. The van der Waals surface area contributed by atoms with Gasteiger partial charge in [-0.1, -0.05) is 35.9 Å². The molecule has 0 aliphatic carbocycles. The Bertz CT molecular complexity index is 1280. The first-order chi connectivity index (χ1) is 15.6. The van der Waals surface area contributed by atoms with E-state index in [1.165, 1.54) is 4.68 Å². The second-order valence-electron chi connectivity index (χ2n) is 7.81. The van der Waals surface area contributed by atoms with Crippen molar-refractivity contribution in [1.29, 1.82) is 0 Å². The molecule has 0 radical (unpaired) electrons. The number of hydrogen-bond acceptors (Lipinski definition) is 6. The second-order valence-corrected chi connectivity index (χ2v) is 8.22. The number of fused-ring (bicyclic) bond motifs is 2. The lowest BCUT2D eigenvalue weighted by Gasteiger charge is -2.25. The first-order valence-electron chi connectivity index (χ1n) is 10.2. The Morgan fingerprint density at radius 3 is 2.69 bits per heavy atom. The summed E-state index contributed by atoms with van der Waals surface area (Å²) in [5.74, 6) is -0.0509. The number of aliphatic hydroxyl groups is 2. The van der Waals surface area contributed by atoms with Crippen molar-refractivity contribution in [2.75, 3.05) is 13.2 Å². The molecule has 3 N–H and O–H groups in total. The van der Waals surface area contributed by atoms with Crippen LogP contribution in [0.25, 0.3) is 11.0 Å². The normalized spacial score (nSPS) is 15.8. The standard InChI is InChI=1S/C22H21ClN6O3/c23-17-10-29(14(11-30)12-31)26-19(17)8-21-15-3-1-2-4-16(15)22(32)28(21)9-13-5-6-18-20(7-13)25-27-24-18/h1-7,10,14,21,30-31H,8-9,11-12H2,(H,24,25,27). The number of halogens is 1. The summed E-state index contributed by atoms with van der Waals surface area (Å²) in [6, 6.07) is 12.5. The van der Waals surface area contributed by atoms with Gasteiger partial charge in [-0.3, -0.25) is 9.48 Å². The molecule has 5 rings (SSSR count). The number of nitrogens with one attached hydrogen (secondary N) is 1. The average Bonchev–Trinajstić information content (AvgIpc) is 3.48. The van der Waals surface area contributed by atoms with E-state index in [1.54, 1.807) is 6.20 Å². The van der Waals surface area contributed by atoms with E-state index in [-0.39, 0.29) is 25.2 Å². The van der Waals surface area contributed by atoms with E-state index < -0.39 is 6.04 Å². The summed E-state index contributed by atoms with van der Waals surface area (Å²) in [6.45, 7) is -0.111. The number of aromatic nitrogens is 5. The first-order valence-corrected chi connectivity index (χ1v) is 10.6. The number of rotatable bonds is 7. The van der Waals surface area contributed by atoms with Crippen LogP contribution in [0.15, 0.2) is 48.7 Å². The summed E-state index contributed by atoms with van der Waals surface area (Å²) in [6.07, 6.45) is 2.00. The molecule has 1 aliphatic heterocycles. The number of amides is 1. The third-order valence-electron chi connectivity index (χ3n) is 5.86. The molecule has 9 nitrogen and oxygen atoms in total. The van der Waals surface area contributed by atoms with Gasteiger partial charge in [-0.25, -0.2) is 0 Å². The lowest BCUT2D eigenvalue weighted by atomic mass is 10.0. The van der Waals surface area contributed by atoms with E-state index in [4.69, 9.17) is 11.6 Å². The Morgan fingerprint density at radius 2 is 1.88 bits per heavy atom. The van der Waals surface area contributed by atoms with Gasteiger partial charge in [0, 0.05) is 24.7 Å². The molecule has 0 bridgehead atoms. The number of nitrogens with zero attached hydrogens (tertiary/aromatic N) is 5. The lowest BCUT2D eigenvalue weighted by molar-refractivity contribution is 0.0708. The molecule has 1 aliphatic rings. The van der Waals surface area contributed by atoms with Crippen molar-refractivity contribution in [3.63, 3.8) is 0 Å². The van der Waals surface area contributed by atoms with Gasteiger partial charge >= 0.3 is 0 Å². The Morgan fingerprint density at radius 1 is 1.09 bits per heavy atom. The molecule has 2 aromatic carbocycles. The van der Waals surface area contributed by atoms with Gasteiger partial charge in [-0.2, -0.15) is 20.5 Å². The Hall–Kier alpha value is -3.27. The van der Waals surface area contributed by atoms with Crippen molar-refractivity contribution in [1.82, 2.24) is 30.1 Å². The maximum atomic E-state index is 13.3. The van der Waals surface area contributed by atoms with Gasteiger partial charge in [-0.15, -0.1) is 0 Å². The summed E-state index contributed by atoms with van der Waals surface area (Å²) >= 11 is 6.44. The third-order valence-corrected chi connectivity index (χ3v) is 6.18. The minimum absolute atomic E-state index is 0.0509. The Labute approximate surface area is 188 Å². The maximum Gasteiger partial charge on any atom is 0.255 e. The van der Waals surface area contributed by atoms with Crippen molar-refractivity contribution in [2.24, 2.45) is 0 Å². The molecule has 0 fully saturated rings. The van der Waals surface area contributed by atoms with E-state index in [0.717, 1.165) is 22.2 Å². The molecule has 4 aromatic rings. The van der Waals surface area contributed by atoms with Crippen LogP contribution >= 0.6 is 11.6 Å². The van der Waals surface area contributed by atoms with Gasteiger partial charge in [0.05, 0.1) is 36.0 Å². The van der Waals surface area contributed by atoms with Crippen LogP contribution in [0.1, 0.15) is 39.3 Å². The molecular formula is C22H21ClN6O3. The van der Waals surface area contributed by atoms with E-state index in [9.17, 15) is 15.0 Å². The van der Waals surface area contributed by atoms with Gasteiger partial charge < -0.3 is 15.1 Å². The van der Waals surface area contributed by atoms with E-state index in [2.05, 4.69) is 20.5 Å². The quantitative estimate of drug-likeness (QED) is 0.395. The van der Waals surface area contributed by atoms with E-state index in [1.807, 2.05) is 47.4 Å². The van der Waals surface area contributed by atoms with Crippen LogP contribution in [-0.2, 0) is 13.0 Å². The fourth-order valence-electron chi connectivity index (χ4n) is 4.17. The summed E-state index contributed by atoms with van der Waals surface area (Å²) in [7, 11) is 0. The van der Waals surface area contributed by atoms with E-state index in [0.29, 0.717) is 29.2 Å². The Kier molecular flexibility index (Phi) is 5.38. The van der Waals surface area contributed by atoms with Crippen molar-refractivity contribution in [3.05, 3.63) is 76.1 Å². The predicted octanol–water partition coefficient (Wildman–Crippen LogP) is 2.27. The molecule has 1 atom stereocenters. The highest BCUT2D eigenvalue weighted by molar-refractivity contribution is 6.31. The molecule has 1 amide bonds. The highest BCUT2D eigenvalue weighted by Crippen LogP contribution is 2.38. The SMILES string of the molecule is O=C1c2ccccc2C(Cc2nn(C(CO)CO)cc2Cl)N1Cc1ccc2n[nH]nc2c1. The molecule has 164 valence electrons. The monoisotopic (exact) mass is 452 g/mol. The second kappa shape index (κ2) is 8.34. The van der Waals surface area contributed by atoms with Gasteiger partial charge in [0.1, 0.15) is 11.0 Å². The number of carbonyl (C=O) groups is 1. The van der Waals surface area contributed by atoms with Crippen LogP contribution in [0.3, 0.4) is 0 Å². The number of carbonyl (C=O) groups excluding carboxylic acids is 1. The van der Waals surface area contributed by atoms with Crippen molar-refractivity contribution in [3.8, 4) is 0 Å². The van der Waals surface area contributed by atoms with E-state index >= 15 is 0 Å². The molecule has 32 heavy (non-hydrogen) atoms. The molecular weight excluding hydrogens is 432 g/mol. The van der Waals surface area contributed by atoms with Gasteiger partial charge in [0.15, 0.2) is 0 Å². The minimum atomic E-state index is -0.566. The molecule has 0 spiro atoms. The zero-order valence-corrected chi connectivity index (χ0v) is 17.8. The summed E-state index contributed by atoms with van der Waals surface area (Å²) in [4.78, 5) is 15.1. The van der Waals surface area contributed by atoms with Crippen LogP contribution in [0.5, 0.6) is 0 Å². The molecule has 10 heteroatoms. The van der Waals surface area contributed by atoms with Gasteiger partial charge in [-0.05, 0) is 29.3 Å². The Balaban J connectivity index is 1.48. The van der Waals surface area contributed by atoms with Crippen molar-refractivity contribution >= 4 is 28.5 Å². The summed E-state index contributed by atoms with van der Waals surface area (Å²) in [5, 5.41) is 34.7. The number of aromatic amines is 1. The number of benzene rings is 2. The summed E-state index contributed by atoms with van der Waals surface area (Å²) < 4.78 is 1.48. The summed E-state index contributed by atoms with van der Waals surface area (Å²) in [5.41, 5.74) is 4.63. The van der Waals surface area contributed by atoms with Crippen LogP contribution < -0.4 is 0 Å². The smallest absolute Gasteiger partial charge is 0.255 e. The first kappa shape index (κ1) is 20.6.